The number of fused-ring (bicyclic) bond motifs is 1. The molecule has 3 aromatic carbocycles. The first-order valence-electron chi connectivity index (χ1n) is 10.1. The lowest BCUT2D eigenvalue weighted by Gasteiger charge is -2.10. The van der Waals surface area contributed by atoms with E-state index >= 15 is 0 Å². The molecule has 0 saturated carbocycles. The van der Waals surface area contributed by atoms with Crippen molar-refractivity contribution in [1.29, 1.82) is 0 Å². The van der Waals surface area contributed by atoms with Gasteiger partial charge in [0.2, 0.25) is 10.0 Å². The maximum absolute atomic E-state index is 12.7. The highest BCUT2D eigenvalue weighted by Gasteiger charge is 2.15. The fourth-order valence-corrected chi connectivity index (χ4v) is 4.51. The lowest BCUT2D eigenvalue weighted by molar-refractivity contribution is 0.102. The van der Waals surface area contributed by atoms with E-state index in [0.717, 1.165) is 21.9 Å². The van der Waals surface area contributed by atoms with Gasteiger partial charge in [-0.3, -0.25) is 9.52 Å². The summed E-state index contributed by atoms with van der Waals surface area (Å²) in [6.07, 6.45) is 1.41. The van der Waals surface area contributed by atoms with E-state index in [1.54, 1.807) is 6.07 Å². The van der Waals surface area contributed by atoms with Crippen molar-refractivity contribution in [3.8, 4) is 0 Å². The molecule has 0 unspecified atom stereocenters. The maximum atomic E-state index is 12.7. The Morgan fingerprint density at radius 2 is 1.66 bits per heavy atom. The van der Waals surface area contributed by atoms with Crippen LogP contribution < -0.4 is 10.0 Å². The number of aromatic nitrogens is 1. The molecule has 0 aliphatic heterocycles. The number of sulfonamides is 1. The van der Waals surface area contributed by atoms with E-state index in [1.165, 1.54) is 18.3 Å². The van der Waals surface area contributed by atoms with Gasteiger partial charge in [-0.05, 0) is 65.6 Å². The fraction of sp³-hybridized carbons (Fsp3) is 0.120. The topological polar surface area (TPSA) is 88.2 Å². The summed E-state index contributed by atoms with van der Waals surface area (Å²) in [6.45, 7) is 3.97. The number of aryl methyl sites for hydroxylation is 2. The number of anilines is 2. The van der Waals surface area contributed by atoms with Crippen LogP contribution in [-0.2, 0) is 15.8 Å². The summed E-state index contributed by atoms with van der Waals surface area (Å²) in [4.78, 5) is 16.7. The van der Waals surface area contributed by atoms with E-state index in [2.05, 4.69) is 15.0 Å². The van der Waals surface area contributed by atoms with Gasteiger partial charge in [-0.2, -0.15) is 0 Å². The molecule has 4 rings (SSSR count). The zero-order valence-corrected chi connectivity index (χ0v) is 18.6. The summed E-state index contributed by atoms with van der Waals surface area (Å²) in [5.41, 5.74) is 3.85. The van der Waals surface area contributed by atoms with Gasteiger partial charge in [0.05, 0.1) is 5.75 Å². The number of hydrogen-bond acceptors (Lipinski definition) is 4. The van der Waals surface area contributed by atoms with Crippen molar-refractivity contribution in [1.82, 2.24) is 4.98 Å². The number of rotatable bonds is 6. The van der Waals surface area contributed by atoms with E-state index in [4.69, 9.17) is 0 Å². The molecule has 0 atom stereocenters. The minimum atomic E-state index is -3.71. The second-order valence-electron chi connectivity index (χ2n) is 7.73. The van der Waals surface area contributed by atoms with Gasteiger partial charge < -0.3 is 5.32 Å². The highest BCUT2D eigenvalue weighted by molar-refractivity contribution is 7.91. The van der Waals surface area contributed by atoms with Gasteiger partial charge in [-0.25, -0.2) is 13.4 Å². The minimum Gasteiger partial charge on any atom is -0.322 e. The summed E-state index contributed by atoms with van der Waals surface area (Å²) >= 11 is 0. The van der Waals surface area contributed by atoms with E-state index < -0.39 is 10.0 Å². The number of nitrogens with zero attached hydrogens (tertiary/aromatic N) is 1. The first-order valence-corrected chi connectivity index (χ1v) is 11.8. The number of amides is 1. The smallest absolute Gasteiger partial charge is 0.255 e. The van der Waals surface area contributed by atoms with Crippen LogP contribution in [-0.4, -0.2) is 19.3 Å². The third-order valence-corrected chi connectivity index (χ3v) is 6.45. The highest BCUT2D eigenvalue weighted by atomic mass is 32.2. The lowest BCUT2D eigenvalue weighted by atomic mass is 10.1. The van der Waals surface area contributed by atoms with Crippen molar-refractivity contribution in [2.24, 2.45) is 0 Å². The highest BCUT2D eigenvalue weighted by Crippen LogP contribution is 2.19. The quantitative estimate of drug-likeness (QED) is 0.435. The fourth-order valence-electron chi connectivity index (χ4n) is 3.39. The molecule has 162 valence electrons. The SMILES string of the molecule is Cc1ccc(NC(=O)c2ccnc(NS(=O)(=O)Cc3ccc4ccccc4c3)c2)cc1C. The second-order valence-corrected chi connectivity index (χ2v) is 9.45. The molecular formula is C25H23N3O3S. The van der Waals surface area contributed by atoms with Gasteiger partial charge in [0, 0.05) is 17.4 Å². The average molecular weight is 446 g/mol. The van der Waals surface area contributed by atoms with Crippen LogP contribution in [0.15, 0.2) is 79.0 Å². The lowest BCUT2D eigenvalue weighted by Crippen LogP contribution is -2.17. The van der Waals surface area contributed by atoms with Crippen molar-refractivity contribution >= 4 is 38.2 Å². The Morgan fingerprint density at radius 1 is 0.875 bits per heavy atom. The summed E-state index contributed by atoms with van der Waals surface area (Å²) in [6, 6.07) is 21.9. The first-order chi connectivity index (χ1) is 15.3. The summed E-state index contributed by atoms with van der Waals surface area (Å²) in [5, 5.41) is 4.85. The molecule has 0 fully saturated rings. The number of hydrogen-bond donors (Lipinski definition) is 2. The van der Waals surface area contributed by atoms with Crippen molar-refractivity contribution in [2.75, 3.05) is 10.0 Å². The summed E-state index contributed by atoms with van der Waals surface area (Å²) < 4.78 is 27.9. The van der Waals surface area contributed by atoms with Crippen LogP contribution in [0.4, 0.5) is 11.5 Å². The van der Waals surface area contributed by atoms with Gasteiger partial charge in [0.1, 0.15) is 5.82 Å². The average Bonchev–Trinajstić information content (AvgIpc) is 2.76. The van der Waals surface area contributed by atoms with Crippen molar-refractivity contribution < 1.29 is 13.2 Å². The summed E-state index contributed by atoms with van der Waals surface area (Å²) in [7, 11) is -3.71. The molecule has 0 bridgehead atoms. The van der Waals surface area contributed by atoms with Crippen molar-refractivity contribution in [3.63, 3.8) is 0 Å². The molecule has 0 saturated heterocycles. The number of nitrogens with one attached hydrogen (secondary N) is 2. The maximum Gasteiger partial charge on any atom is 0.255 e. The molecule has 1 aromatic heterocycles. The zero-order chi connectivity index (χ0) is 22.7. The molecule has 32 heavy (non-hydrogen) atoms. The number of carbonyl (C=O) groups is 1. The monoisotopic (exact) mass is 445 g/mol. The predicted molar refractivity (Wildman–Crippen MR) is 128 cm³/mol. The summed E-state index contributed by atoms with van der Waals surface area (Å²) in [5.74, 6) is -0.442. The van der Waals surface area contributed by atoms with Gasteiger partial charge in [-0.15, -0.1) is 0 Å². The van der Waals surface area contributed by atoms with Crippen LogP contribution in [0.3, 0.4) is 0 Å². The normalized spacial score (nSPS) is 11.3. The molecule has 7 heteroatoms. The van der Waals surface area contributed by atoms with Crippen molar-refractivity contribution in [3.05, 3.63) is 101 Å². The first kappa shape index (κ1) is 21.5. The minimum absolute atomic E-state index is 0.0959. The molecule has 1 amide bonds. The van der Waals surface area contributed by atoms with E-state index in [0.29, 0.717) is 16.8 Å². The Bertz CT molecular complexity index is 1420. The van der Waals surface area contributed by atoms with E-state index in [1.807, 2.05) is 68.4 Å². The van der Waals surface area contributed by atoms with Gasteiger partial charge in [0.15, 0.2) is 0 Å². The molecule has 0 aliphatic rings. The van der Waals surface area contributed by atoms with Gasteiger partial charge in [-0.1, -0.05) is 48.5 Å². The Labute approximate surface area is 187 Å². The molecule has 1 heterocycles. The number of pyridine rings is 1. The third kappa shape index (κ3) is 5.12. The van der Waals surface area contributed by atoms with Crippen LogP contribution in [0.25, 0.3) is 10.8 Å². The van der Waals surface area contributed by atoms with Gasteiger partial charge >= 0.3 is 0 Å². The number of carbonyl (C=O) groups excluding carboxylic acids is 1. The Morgan fingerprint density at radius 3 is 2.44 bits per heavy atom. The standard InChI is InChI=1S/C25H23N3O3S/c1-17-7-10-23(13-18(17)2)27-25(29)22-11-12-26-24(15-22)28-32(30,31)16-19-8-9-20-5-3-4-6-21(20)14-19/h3-15H,16H2,1-2H3,(H,26,28)(H,27,29). The Kier molecular flexibility index (Phi) is 5.92. The molecule has 2 N–H and O–H groups in total. The molecule has 0 spiro atoms. The molecule has 0 radical (unpaired) electrons. The van der Waals surface area contributed by atoms with Crippen LogP contribution in [0.1, 0.15) is 27.0 Å². The van der Waals surface area contributed by atoms with Gasteiger partial charge in [0.25, 0.3) is 5.91 Å². The van der Waals surface area contributed by atoms with Crippen LogP contribution in [0.2, 0.25) is 0 Å². The molecular weight excluding hydrogens is 422 g/mol. The Hall–Kier alpha value is -3.71. The zero-order valence-electron chi connectivity index (χ0n) is 17.8. The largest absolute Gasteiger partial charge is 0.322 e. The second kappa shape index (κ2) is 8.80. The molecule has 4 aromatic rings. The van der Waals surface area contributed by atoms with Crippen LogP contribution >= 0.6 is 0 Å². The van der Waals surface area contributed by atoms with E-state index in [-0.39, 0.29) is 17.5 Å². The molecule has 6 nitrogen and oxygen atoms in total. The Balaban J connectivity index is 1.48. The van der Waals surface area contributed by atoms with E-state index in [9.17, 15) is 13.2 Å². The predicted octanol–water partition coefficient (Wildman–Crippen LogP) is 5.05. The van der Waals surface area contributed by atoms with Crippen LogP contribution in [0, 0.1) is 13.8 Å². The number of benzene rings is 3. The third-order valence-electron chi connectivity index (χ3n) is 5.22. The molecule has 0 aliphatic carbocycles. The van der Waals surface area contributed by atoms with Crippen LogP contribution in [0.5, 0.6) is 0 Å². The van der Waals surface area contributed by atoms with Crippen molar-refractivity contribution in [2.45, 2.75) is 19.6 Å².